The quantitative estimate of drug-likeness (QED) is 0.386. The van der Waals surface area contributed by atoms with Gasteiger partial charge < -0.3 is 25.2 Å². The Bertz CT molecular complexity index is 605. The predicted octanol–water partition coefficient (Wildman–Crippen LogP) is 2.48. The Morgan fingerprint density at radius 1 is 1.14 bits per heavy atom. The van der Waals surface area contributed by atoms with Crippen LogP contribution < -0.4 is 15.4 Å². The fraction of sp³-hybridized carbons (Fsp3) is 0.682. The van der Waals surface area contributed by atoms with Crippen LogP contribution in [0.25, 0.3) is 0 Å². The molecule has 1 aliphatic rings. The molecular weight excluding hydrogens is 350 g/mol. The molecule has 0 aliphatic carbocycles. The Labute approximate surface area is 171 Å². The van der Waals surface area contributed by atoms with Crippen LogP contribution in [0.5, 0.6) is 5.75 Å². The second kappa shape index (κ2) is 12.6. The van der Waals surface area contributed by atoms with Gasteiger partial charge in [0, 0.05) is 31.7 Å². The molecule has 0 amide bonds. The number of aryl methyl sites for hydroxylation is 1. The Morgan fingerprint density at radius 2 is 2.00 bits per heavy atom. The van der Waals surface area contributed by atoms with Crippen molar-refractivity contribution in [2.45, 2.75) is 40.2 Å². The monoisotopic (exact) mass is 389 g/mol. The van der Waals surface area contributed by atoms with Gasteiger partial charge in [0.15, 0.2) is 5.96 Å². The lowest BCUT2D eigenvalue weighted by atomic mass is 10.1. The molecule has 0 unspecified atom stereocenters. The van der Waals surface area contributed by atoms with E-state index in [0.29, 0.717) is 13.2 Å². The first-order valence-corrected chi connectivity index (χ1v) is 10.8. The van der Waals surface area contributed by atoms with Crippen molar-refractivity contribution < 1.29 is 4.74 Å². The number of nitrogens with one attached hydrogen (secondary N) is 2. The van der Waals surface area contributed by atoms with Crippen LogP contribution in [0.2, 0.25) is 0 Å². The lowest BCUT2D eigenvalue weighted by Crippen LogP contribution is -2.39. The SMILES string of the molecule is CCNC(=NCc1ccc(C)cc1OCC)NCCCN1CCCN(C)CC1. The van der Waals surface area contributed by atoms with Gasteiger partial charge in [-0.25, -0.2) is 4.99 Å². The van der Waals surface area contributed by atoms with Crippen LogP contribution in [0.15, 0.2) is 23.2 Å². The normalized spacial score (nSPS) is 16.6. The molecule has 0 bridgehead atoms. The Balaban J connectivity index is 1.82. The summed E-state index contributed by atoms with van der Waals surface area (Å²) in [4.78, 5) is 9.77. The summed E-state index contributed by atoms with van der Waals surface area (Å²) in [6, 6.07) is 6.32. The maximum Gasteiger partial charge on any atom is 0.191 e. The van der Waals surface area contributed by atoms with Crippen molar-refractivity contribution in [2.24, 2.45) is 4.99 Å². The third-order valence-corrected chi connectivity index (χ3v) is 5.03. The van der Waals surface area contributed by atoms with Crippen LogP contribution in [0.1, 0.15) is 37.8 Å². The molecule has 0 spiro atoms. The zero-order valence-corrected chi connectivity index (χ0v) is 18.3. The van der Waals surface area contributed by atoms with E-state index >= 15 is 0 Å². The Kier molecular flexibility index (Phi) is 10.1. The summed E-state index contributed by atoms with van der Waals surface area (Å²) in [5.74, 6) is 1.81. The second-order valence-corrected chi connectivity index (χ2v) is 7.52. The minimum atomic E-state index is 0.614. The molecule has 0 atom stereocenters. The van der Waals surface area contributed by atoms with Gasteiger partial charge in [-0.15, -0.1) is 0 Å². The van der Waals surface area contributed by atoms with Gasteiger partial charge in [0.05, 0.1) is 13.2 Å². The topological polar surface area (TPSA) is 52.1 Å². The fourth-order valence-electron chi connectivity index (χ4n) is 3.42. The molecule has 28 heavy (non-hydrogen) atoms. The van der Waals surface area contributed by atoms with Crippen molar-refractivity contribution in [3.8, 4) is 5.75 Å². The lowest BCUT2D eigenvalue weighted by molar-refractivity contribution is 0.274. The van der Waals surface area contributed by atoms with Gasteiger partial charge in [0.1, 0.15) is 5.75 Å². The Hall–Kier alpha value is -1.79. The standard InChI is InChI=1S/C22H39N5O/c1-5-23-22(24-11-7-13-27-14-8-12-26(4)15-16-27)25-18-20-10-9-19(3)17-21(20)28-6-2/h9-10,17H,5-8,11-16,18H2,1-4H3,(H2,23,24,25). The Morgan fingerprint density at radius 3 is 2.79 bits per heavy atom. The number of guanidine groups is 1. The minimum Gasteiger partial charge on any atom is -0.494 e. The first-order chi connectivity index (χ1) is 13.6. The van der Waals surface area contributed by atoms with Crippen molar-refractivity contribution in [3.63, 3.8) is 0 Å². The van der Waals surface area contributed by atoms with E-state index in [2.05, 4.69) is 59.5 Å². The van der Waals surface area contributed by atoms with Gasteiger partial charge in [0.2, 0.25) is 0 Å². The third kappa shape index (κ3) is 8.07. The van der Waals surface area contributed by atoms with Gasteiger partial charge in [-0.2, -0.15) is 0 Å². The highest BCUT2D eigenvalue weighted by atomic mass is 16.5. The zero-order valence-electron chi connectivity index (χ0n) is 18.3. The number of rotatable bonds is 9. The molecule has 0 aromatic heterocycles. The number of ether oxygens (including phenoxy) is 1. The van der Waals surface area contributed by atoms with Crippen LogP contribution in [-0.2, 0) is 6.54 Å². The maximum absolute atomic E-state index is 5.77. The third-order valence-electron chi connectivity index (χ3n) is 5.03. The van der Waals surface area contributed by atoms with Crippen LogP contribution >= 0.6 is 0 Å². The molecule has 2 rings (SSSR count). The van der Waals surface area contributed by atoms with E-state index in [4.69, 9.17) is 9.73 Å². The molecule has 1 aliphatic heterocycles. The number of aliphatic imine (C=N–C) groups is 1. The average molecular weight is 390 g/mol. The number of hydrogen-bond acceptors (Lipinski definition) is 4. The average Bonchev–Trinajstić information content (AvgIpc) is 2.88. The van der Waals surface area contributed by atoms with Crippen LogP contribution in [0.4, 0.5) is 0 Å². The van der Waals surface area contributed by atoms with Gasteiger partial charge >= 0.3 is 0 Å². The van der Waals surface area contributed by atoms with Crippen molar-refractivity contribution in [1.82, 2.24) is 20.4 Å². The van der Waals surface area contributed by atoms with Crippen LogP contribution in [-0.4, -0.2) is 75.2 Å². The molecule has 158 valence electrons. The van der Waals surface area contributed by atoms with Gasteiger partial charge in [-0.1, -0.05) is 12.1 Å². The summed E-state index contributed by atoms with van der Waals surface area (Å²) >= 11 is 0. The van der Waals surface area contributed by atoms with E-state index in [-0.39, 0.29) is 0 Å². The summed E-state index contributed by atoms with van der Waals surface area (Å²) in [5, 5.41) is 6.83. The first-order valence-electron chi connectivity index (χ1n) is 10.8. The highest BCUT2D eigenvalue weighted by molar-refractivity contribution is 5.79. The van der Waals surface area contributed by atoms with Gasteiger partial charge in [-0.3, -0.25) is 0 Å². The molecular formula is C22H39N5O. The van der Waals surface area contributed by atoms with Crippen LogP contribution in [0, 0.1) is 6.92 Å². The van der Waals surface area contributed by atoms with E-state index < -0.39 is 0 Å². The molecule has 6 heteroatoms. The number of hydrogen-bond donors (Lipinski definition) is 2. The van der Waals surface area contributed by atoms with Crippen molar-refractivity contribution in [2.75, 3.05) is 59.5 Å². The molecule has 2 N–H and O–H groups in total. The molecule has 0 saturated carbocycles. The largest absolute Gasteiger partial charge is 0.494 e. The molecule has 1 fully saturated rings. The van der Waals surface area contributed by atoms with E-state index in [9.17, 15) is 0 Å². The number of benzene rings is 1. The molecule has 6 nitrogen and oxygen atoms in total. The molecule has 1 saturated heterocycles. The summed E-state index contributed by atoms with van der Waals surface area (Å²) in [6.45, 7) is 15.2. The van der Waals surface area contributed by atoms with Gasteiger partial charge in [-0.05, 0) is 71.9 Å². The highest BCUT2D eigenvalue weighted by Gasteiger charge is 2.11. The second-order valence-electron chi connectivity index (χ2n) is 7.52. The van der Waals surface area contributed by atoms with Crippen LogP contribution in [0.3, 0.4) is 0 Å². The summed E-state index contributed by atoms with van der Waals surface area (Å²) in [7, 11) is 2.22. The number of likely N-dealkylation sites (N-methyl/N-ethyl adjacent to an activating group) is 1. The van der Waals surface area contributed by atoms with Crippen molar-refractivity contribution >= 4 is 5.96 Å². The summed E-state index contributed by atoms with van der Waals surface area (Å²) < 4.78 is 5.77. The van der Waals surface area contributed by atoms with E-state index in [1.807, 2.05) is 6.92 Å². The summed E-state index contributed by atoms with van der Waals surface area (Å²) in [5.41, 5.74) is 2.33. The van der Waals surface area contributed by atoms with Crippen molar-refractivity contribution in [3.05, 3.63) is 29.3 Å². The zero-order chi connectivity index (χ0) is 20.2. The molecule has 1 aromatic carbocycles. The highest BCUT2D eigenvalue weighted by Crippen LogP contribution is 2.21. The smallest absolute Gasteiger partial charge is 0.191 e. The number of nitrogens with zero attached hydrogens (tertiary/aromatic N) is 3. The first kappa shape index (κ1) is 22.5. The molecule has 1 aromatic rings. The molecule has 0 radical (unpaired) electrons. The predicted molar refractivity (Wildman–Crippen MR) is 118 cm³/mol. The minimum absolute atomic E-state index is 0.614. The van der Waals surface area contributed by atoms with Crippen molar-refractivity contribution in [1.29, 1.82) is 0 Å². The maximum atomic E-state index is 5.77. The van der Waals surface area contributed by atoms with E-state index in [1.54, 1.807) is 0 Å². The molecule has 1 heterocycles. The summed E-state index contributed by atoms with van der Waals surface area (Å²) in [6.07, 6.45) is 2.40. The van der Waals surface area contributed by atoms with E-state index in [1.165, 1.54) is 38.2 Å². The van der Waals surface area contributed by atoms with Gasteiger partial charge in [0.25, 0.3) is 0 Å². The van der Waals surface area contributed by atoms with E-state index in [0.717, 1.165) is 43.3 Å². The lowest BCUT2D eigenvalue weighted by Gasteiger charge is -2.20. The fourth-order valence-corrected chi connectivity index (χ4v) is 3.42.